The Morgan fingerprint density at radius 2 is 1.65 bits per heavy atom. The first-order valence-electron chi connectivity index (χ1n) is 13.9. The predicted molar refractivity (Wildman–Crippen MR) is 149 cm³/mol. The maximum atomic E-state index is 6.35. The van der Waals surface area contributed by atoms with Gasteiger partial charge in [0.1, 0.15) is 18.1 Å². The van der Waals surface area contributed by atoms with Crippen molar-refractivity contribution in [2.45, 2.75) is 51.6 Å². The van der Waals surface area contributed by atoms with Crippen LogP contribution in [-0.4, -0.2) is 54.7 Å². The minimum atomic E-state index is 0.358. The summed E-state index contributed by atoms with van der Waals surface area (Å²) >= 11 is 0. The predicted octanol–water partition coefficient (Wildman–Crippen LogP) is 5.98. The third-order valence-electron chi connectivity index (χ3n) is 8.21. The summed E-state index contributed by atoms with van der Waals surface area (Å²) in [6, 6.07) is 21.4. The number of aryl methyl sites for hydroxylation is 1. The van der Waals surface area contributed by atoms with Gasteiger partial charge in [-0.15, -0.1) is 0 Å². The Labute approximate surface area is 222 Å². The largest absolute Gasteiger partial charge is 0.497 e. The van der Waals surface area contributed by atoms with Gasteiger partial charge in [0.05, 0.1) is 7.11 Å². The van der Waals surface area contributed by atoms with Crippen LogP contribution in [0.5, 0.6) is 11.5 Å². The number of likely N-dealkylation sites (tertiary alicyclic amines) is 1. The van der Waals surface area contributed by atoms with Crippen LogP contribution in [0.25, 0.3) is 0 Å². The molecule has 0 atom stereocenters. The van der Waals surface area contributed by atoms with Crippen LogP contribution in [0.4, 0.5) is 0 Å². The molecule has 0 amide bonds. The van der Waals surface area contributed by atoms with Gasteiger partial charge < -0.3 is 9.47 Å². The number of rotatable bonds is 5. The molecule has 1 aromatic heterocycles. The van der Waals surface area contributed by atoms with Crippen molar-refractivity contribution in [3.8, 4) is 11.5 Å². The third-order valence-corrected chi connectivity index (χ3v) is 8.21. The van der Waals surface area contributed by atoms with E-state index in [1.165, 1.54) is 48.8 Å². The molecule has 2 aliphatic rings. The van der Waals surface area contributed by atoms with Gasteiger partial charge in [0.15, 0.2) is 0 Å². The Balaban J connectivity index is 1.31. The number of aromatic nitrogens is 1. The standard InChI is InChI=1S/C32H41N3O2/c1-36-30-13-11-27(12-14-30)24-35-21-22-37-31-10-3-2-8-29(31)9-4-5-15-32(26-35)16-19-34(20-17-32)25-28-7-6-18-33-23-28/h2-3,6-8,10-14,18,23H,4-5,9,15-17,19-22,24-26H2,1H3. The number of nitrogens with zero attached hydrogens (tertiary/aromatic N) is 3. The second-order valence-corrected chi connectivity index (χ2v) is 10.9. The molecule has 0 N–H and O–H groups in total. The van der Waals surface area contributed by atoms with Crippen molar-refractivity contribution in [2.24, 2.45) is 5.41 Å². The van der Waals surface area contributed by atoms with E-state index in [0.29, 0.717) is 5.41 Å². The molecule has 1 saturated heterocycles. The number of ether oxygens (including phenoxy) is 2. The number of hydrogen-bond acceptors (Lipinski definition) is 5. The zero-order valence-corrected chi connectivity index (χ0v) is 22.3. The molecule has 2 aliphatic heterocycles. The van der Waals surface area contributed by atoms with Crippen LogP contribution in [0.1, 0.15) is 48.8 Å². The fourth-order valence-electron chi connectivity index (χ4n) is 6.05. The number of fused-ring (bicyclic) bond motifs is 1. The van der Waals surface area contributed by atoms with E-state index < -0.39 is 0 Å². The molecule has 5 nitrogen and oxygen atoms in total. The number of hydrogen-bond donors (Lipinski definition) is 0. The average Bonchev–Trinajstić information content (AvgIpc) is 2.93. The molecule has 0 radical (unpaired) electrons. The van der Waals surface area contributed by atoms with Gasteiger partial charge in [-0.2, -0.15) is 0 Å². The van der Waals surface area contributed by atoms with Crippen molar-refractivity contribution in [2.75, 3.05) is 39.9 Å². The third kappa shape index (κ3) is 7.12. The van der Waals surface area contributed by atoms with Gasteiger partial charge >= 0.3 is 0 Å². The van der Waals surface area contributed by atoms with Crippen molar-refractivity contribution in [3.63, 3.8) is 0 Å². The molecule has 3 aromatic rings. The Morgan fingerprint density at radius 1 is 0.838 bits per heavy atom. The Bertz CT molecular complexity index is 1090. The van der Waals surface area contributed by atoms with Gasteiger partial charge in [-0.25, -0.2) is 0 Å². The molecule has 5 heteroatoms. The number of pyridine rings is 1. The summed E-state index contributed by atoms with van der Waals surface area (Å²) in [7, 11) is 1.73. The van der Waals surface area contributed by atoms with Gasteiger partial charge in [-0.1, -0.05) is 42.8 Å². The van der Waals surface area contributed by atoms with Crippen LogP contribution >= 0.6 is 0 Å². The molecule has 196 valence electrons. The first-order chi connectivity index (χ1) is 18.2. The molecule has 2 aromatic carbocycles. The Kier molecular flexibility index (Phi) is 8.75. The molecule has 1 fully saturated rings. The smallest absolute Gasteiger partial charge is 0.122 e. The van der Waals surface area contributed by atoms with E-state index in [-0.39, 0.29) is 0 Å². The van der Waals surface area contributed by atoms with E-state index in [2.05, 4.69) is 69.4 Å². The van der Waals surface area contributed by atoms with Crippen LogP contribution in [0.3, 0.4) is 0 Å². The molecule has 0 saturated carbocycles. The molecule has 3 heterocycles. The number of para-hydroxylation sites is 1. The van der Waals surface area contributed by atoms with Crippen LogP contribution in [0.2, 0.25) is 0 Å². The maximum Gasteiger partial charge on any atom is 0.122 e. The number of benzene rings is 2. The molecule has 37 heavy (non-hydrogen) atoms. The second kappa shape index (κ2) is 12.6. The molecule has 0 aliphatic carbocycles. The average molecular weight is 500 g/mol. The summed E-state index contributed by atoms with van der Waals surface area (Å²) in [6.07, 6.45) is 11.3. The minimum Gasteiger partial charge on any atom is -0.497 e. The van der Waals surface area contributed by atoms with Crippen molar-refractivity contribution < 1.29 is 9.47 Å². The second-order valence-electron chi connectivity index (χ2n) is 10.9. The minimum absolute atomic E-state index is 0.358. The van der Waals surface area contributed by atoms with E-state index >= 15 is 0 Å². The number of methoxy groups -OCH3 is 1. The molecule has 0 unspecified atom stereocenters. The topological polar surface area (TPSA) is 37.8 Å². The normalized spacial score (nSPS) is 19.3. The summed E-state index contributed by atoms with van der Waals surface area (Å²) in [6.45, 7) is 7.04. The van der Waals surface area contributed by atoms with Crippen molar-refractivity contribution in [1.82, 2.24) is 14.8 Å². The summed E-state index contributed by atoms with van der Waals surface area (Å²) in [5, 5.41) is 0. The lowest BCUT2D eigenvalue weighted by atomic mass is 9.73. The van der Waals surface area contributed by atoms with Gasteiger partial charge in [0.2, 0.25) is 0 Å². The van der Waals surface area contributed by atoms with E-state index in [1.807, 2.05) is 18.5 Å². The molecule has 0 bridgehead atoms. The van der Waals surface area contributed by atoms with Crippen LogP contribution in [-0.2, 0) is 19.5 Å². The lowest BCUT2D eigenvalue weighted by Gasteiger charge is -2.45. The van der Waals surface area contributed by atoms with Crippen LogP contribution in [0, 0.1) is 5.41 Å². The highest BCUT2D eigenvalue weighted by Gasteiger charge is 2.36. The summed E-state index contributed by atoms with van der Waals surface area (Å²) < 4.78 is 11.7. The zero-order valence-electron chi connectivity index (χ0n) is 22.3. The van der Waals surface area contributed by atoms with E-state index in [1.54, 1.807) is 7.11 Å². The highest BCUT2D eigenvalue weighted by Crippen LogP contribution is 2.39. The van der Waals surface area contributed by atoms with Gasteiger partial charge in [-0.05, 0) is 91.6 Å². The monoisotopic (exact) mass is 499 g/mol. The fourth-order valence-corrected chi connectivity index (χ4v) is 6.05. The first-order valence-corrected chi connectivity index (χ1v) is 13.9. The van der Waals surface area contributed by atoms with Crippen molar-refractivity contribution >= 4 is 0 Å². The SMILES string of the molecule is COc1ccc(CN2CCOc3ccccc3CCCCC3(CCN(Cc4cccnc4)CC3)C2)cc1. The quantitative estimate of drug-likeness (QED) is 0.432. The van der Waals surface area contributed by atoms with E-state index in [4.69, 9.17) is 9.47 Å². The highest BCUT2D eigenvalue weighted by atomic mass is 16.5. The Morgan fingerprint density at radius 3 is 2.43 bits per heavy atom. The van der Waals surface area contributed by atoms with Gasteiger partial charge in [0.25, 0.3) is 0 Å². The Hall–Kier alpha value is -2.89. The van der Waals surface area contributed by atoms with Crippen molar-refractivity contribution in [3.05, 3.63) is 89.7 Å². The van der Waals surface area contributed by atoms with Crippen LogP contribution in [0.15, 0.2) is 73.1 Å². The zero-order chi connectivity index (χ0) is 25.3. The van der Waals surface area contributed by atoms with E-state index in [0.717, 1.165) is 63.8 Å². The summed E-state index contributed by atoms with van der Waals surface area (Å²) in [5.41, 5.74) is 4.35. The van der Waals surface area contributed by atoms with Gasteiger partial charge in [-0.3, -0.25) is 14.8 Å². The summed E-state index contributed by atoms with van der Waals surface area (Å²) in [5.74, 6) is 1.97. The summed E-state index contributed by atoms with van der Waals surface area (Å²) in [4.78, 5) is 9.57. The highest BCUT2D eigenvalue weighted by molar-refractivity contribution is 5.33. The maximum absolute atomic E-state index is 6.35. The molecular formula is C32H41N3O2. The first kappa shape index (κ1) is 25.7. The number of piperidine rings is 1. The molecular weight excluding hydrogens is 458 g/mol. The fraction of sp³-hybridized carbons (Fsp3) is 0.469. The van der Waals surface area contributed by atoms with Gasteiger partial charge in [0, 0.05) is 38.6 Å². The lowest BCUT2D eigenvalue weighted by molar-refractivity contribution is 0.0409. The van der Waals surface area contributed by atoms with E-state index in [9.17, 15) is 0 Å². The van der Waals surface area contributed by atoms with Crippen LogP contribution < -0.4 is 9.47 Å². The lowest BCUT2D eigenvalue weighted by Crippen LogP contribution is -2.46. The van der Waals surface area contributed by atoms with Crippen molar-refractivity contribution in [1.29, 1.82) is 0 Å². The molecule has 5 rings (SSSR count). The molecule has 1 spiro atoms.